The number of anilines is 1. The molecular formula is C19H20ClFIN5. The maximum atomic E-state index is 13.9. The summed E-state index contributed by atoms with van der Waals surface area (Å²) in [5.74, 6) is -0.0299. The van der Waals surface area contributed by atoms with Crippen molar-refractivity contribution < 1.29 is 4.39 Å². The lowest BCUT2D eigenvalue weighted by Crippen LogP contribution is -2.51. The zero-order valence-electron chi connectivity index (χ0n) is 14.6. The minimum atomic E-state index is -0.437. The Kier molecular flexibility index (Phi) is 7.68. The largest absolute Gasteiger partial charge is 0.370 e. The fraction of sp³-hybridized carbons (Fsp3) is 0.263. The van der Waals surface area contributed by atoms with Crippen LogP contribution in [0.2, 0.25) is 5.02 Å². The third kappa shape index (κ3) is 5.47. The SMILES string of the molecule is I.N#Cc1ccc(CN=C(N)N2CCN(c3ccc(Cl)cc3)CC2)c(F)c1. The van der Waals surface area contributed by atoms with Gasteiger partial charge in [-0.15, -0.1) is 24.0 Å². The van der Waals surface area contributed by atoms with Gasteiger partial charge >= 0.3 is 0 Å². The molecule has 0 atom stereocenters. The predicted octanol–water partition coefficient (Wildman–Crippen LogP) is 3.61. The molecule has 142 valence electrons. The molecule has 5 nitrogen and oxygen atoms in total. The Morgan fingerprint density at radius 1 is 1.15 bits per heavy atom. The van der Waals surface area contributed by atoms with Gasteiger partial charge in [-0.3, -0.25) is 0 Å². The Labute approximate surface area is 180 Å². The Morgan fingerprint density at radius 2 is 1.81 bits per heavy atom. The van der Waals surface area contributed by atoms with Crippen LogP contribution in [0, 0.1) is 17.1 Å². The van der Waals surface area contributed by atoms with E-state index in [1.54, 1.807) is 12.1 Å². The van der Waals surface area contributed by atoms with Gasteiger partial charge < -0.3 is 15.5 Å². The lowest BCUT2D eigenvalue weighted by Gasteiger charge is -2.36. The van der Waals surface area contributed by atoms with Crippen molar-refractivity contribution in [1.82, 2.24) is 4.90 Å². The molecule has 0 bridgehead atoms. The van der Waals surface area contributed by atoms with Crippen LogP contribution in [0.5, 0.6) is 0 Å². The number of benzene rings is 2. The number of nitrogens with zero attached hydrogens (tertiary/aromatic N) is 4. The van der Waals surface area contributed by atoms with Crippen molar-refractivity contribution in [2.24, 2.45) is 10.7 Å². The maximum absolute atomic E-state index is 13.9. The molecule has 2 N–H and O–H groups in total. The number of guanidine groups is 1. The quantitative estimate of drug-likeness (QED) is 0.398. The summed E-state index contributed by atoms with van der Waals surface area (Å²) < 4.78 is 13.9. The number of rotatable bonds is 3. The van der Waals surface area contributed by atoms with Crippen LogP contribution in [0.25, 0.3) is 0 Å². The summed E-state index contributed by atoms with van der Waals surface area (Å²) in [4.78, 5) is 8.56. The van der Waals surface area contributed by atoms with Gasteiger partial charge in [-0.05, 0) is 36.4 Å². The Balaban J connectivity index is 0.00000261. The molecule has 1 aliphatic heterocycles. The van der Waals surface area contributed by atoms with Gasteiger partial charge in [0, 0.05) is 42.5 Å². The summed E-state index contributed by atoms with van der Waals surface area (Å²) in [6.07, 6.45) is 0. The predicted molar refractivity (Wildman–Crippen MR) is 117 cm³/mol. The number of piperazine rings is 1. The van der Waals surface area contributed by atoms with E-state index >= 15 is 0 Å². The Hall–Kier alpha value is -2.05. The first-order valence-electron chi connectivity index (χ1n) is 8.31. The van der Waals surface area contributed by atoms with E-state index in [0.29, 0.717) is 17.1 Å². The smallest absolute Gasteiger partial charge is 0.191 e. The van der Waals surface area contributed by atoms with Crippen molar-refractivity contribution in [1.29, 1.82) is 5.26 Å². The van der Waals surface area contributed by atoms with Crippen molar-refractivity contribution in [3.05, 3.63) is 64.4 Å². The molecule has 0 radical (unpaired) electrons. The fourth-order valence-electron chi connectivity index (χ4n) is 2.86. The van der Waals surface area contributed by atoms with Crippen LogP contribution in [0.15, 0.2) is 47.5 Å². The number of aliphatic imine (C=N–C) groups is 1. The number of hydrogen-bond donors (Lipinski definition) is 1. The summed E-state index contributed by atoms with van der Waals surface area (Å²) in [7, 11) is 0. The highest BCUT2D eigenvalue weighted by atomic mass is 127. The highest BCUT2D eigenvalue weighted by molar-refractivity contribution is 14.0. The second kappa shape index (κ2) is 9.76. The first-order valence-corrected chi connectivity index (χ1v) is 8.68. The molecule has 1 aliphatic rings. The van der Waals surface area contributed by atoms with E-state index in [4.69, 9.17) is 22.6 Å². The number of nitrogens with two attached hydrogens (primary N) is 1. The Bertz CT molecular complexity index is 842. The van der Waals surface area contributed by atoms with Crippen molar-refractivity contribution in [3.63, 3.8) is 0 Å². The normalized spacial score (nSPS) is 14.5. The molecule has 1 fully saturated rings. The van der Waals surface area contributed by atoms with Gasteiger partial charge in [0.25, 0.3) is 0 Å². The first-order chi connectivity index (χ1) is 12.6. The summed E-state index contributed by atoms with van der Waals surface area (Å²) in [5, 5.41) is 9.50. The summed E-state index contributed by atoms with van der Waals surface area (Å²) in [6, 6.07) is 14.0. The van der Waals surface area contributed by atoms with E-state index < -0.39 is 5.82 Å². The van der Waals surface area contributed by atoms with Gasteiger partial charge in [0.2, 0.25) is 0 Å². The molecule has 1 heterocycles. The van der Waals surface area contributed by atoms with Crippen molar-refractivity contribution >= 4 is 47.2 Å². The van der Waals surface area contributed by atoms with E-state index in [2.05, 4.69) is 9.89 Å². The van der Waals surface area contributed by atoms with E-state index in [1.807, 2.05) is 35.2 Å². The second-order valence-electron chi connectivity index (χ2n) is 6.04. The molecular weight excluding hydrogens is 480 g/mol. The number of nitriles is 1. The minimum Gasteiger partial charge on any atom is -0.370 e. The third-order valence-electron chi connectivity index (χ3n) is 4.39. The van der Waals surface area contributed by atoms with Crippen LogP contribution >= 0.6 is 35.6 Å². The molecule has 3 rings (SSSR count). The molecule has 0 aliphatic carbocycles. The number of hydrogen-bond acceptors (Lipinski definition) is 3. The standard InChI is InChI=1S/C19H19ClFN5.HI/c20-16-3-5-17(6-4-16)25-7-9-26(10-8-25)19(23)24-13-15-2-1-14(12-22)11-18(15)21;/h1-6,11H,7-10,13H2,(H2,23,24);1H. The molecule has 2 aromatic carbocycles. The second-order valence-corrected chi connectivity index (χ2v) is 6.48. The average Bonchev–Trinajstić information content (AvgIpc) is 2.67. The summed E-state index contributed by atoms with van der Waals surface area (Å²) in [5.41, 5.74) is 7.92. The molecule has 8 heteroatoms. The van der Waals surface area contributed by atoms with Crippen LogP contribution in [0.1, 0.15) is 11.1 Å². The van der Waals surface area contributed by atoms with Crippen LogP contribution in [0.4, 0.5) is 10.1 Å². The van der Waals surface area contributed by atoms with Gasteiger partial charge in [-0.1, -0.05) is 17.7 Å². The lowest BCUT2D eigenvalue weighted by molar-refractivity contribution is 0.380. The molecule has 2 aromatic rings. The van der Waals surface area contributed by atoms with Crippen molar-refractivity contribution in [3.8, 4) is 6.07 Å². The topological polar surface area (TPSA) is 68.6 Å². The van der Waals surface area contributed by atoms with Gasteiger partial charge in [0.15, 0.2) is 5.96 Å². The molecule has 27 heavy (non-hydrogen) atoms. The summed E-state index contributed by atoms with van der Waals surface area (Å²) >= 11 is 5.93. The zero-order chi connectivity index (χ0) is 18.5. The van der Waals surface area contributed by atoms with Gasteiger partial charge in [-0.2, -0.15) is 5.26 Å². The molecule has 0 spiro atoms. The maximum Gasteiger partial charge on any atom is 0.191 e. The van der Waals surface area contributed by atoms with E-state index in [1.165, 1.54) is 6.07 Å². The average molecular weight is 500 g/mol. The molecule has 0 amide bonds. The lowest BCUT2D eigenvalue weighted by atomic mass is 10.1. The first kappa shape index (κ1) is 21.3. The fourth-order valence-corrected chi connectivity index (χ4v) is 2.98. The van der Waals surface area contributed by atoms with Crippen LogP contribution in [-0.2, 0) is 6.54 Å². The van der Waals surface area contributed by atoms with E-state index in [0.717, 1.165) is 36.9 Å². The third-order valence-corrected chi connectivity index (χ3v) is 4.64. The molecule has 0 unspecified atom stereocenters. The van der Waals surface area contributed by atoms with Crippen LogP contribution < -0.4 is 10.6 Å². The molecule has 0 saturated carbocycles. The molecule has 0 aromatic heterocycles. The number of halogens is 3. The van der Waals surface area contributed by atoms with Crippen molar-refractivity contribution in [2.45, 2.75) is 6.54 Å². The molecule has 1 saturated heterocycles. The van der Waals surface area contributed by atoms with Crippen molar-refractivity contribution in [2.75, 3.05) is 31.1 Å². The van der Waals surface area contributed by atoms with Gasteiger partial charge in [0.1, 0.15) is 5.82 Å². The monoisotopic (exact) mass is 499 g/mol. The van der Waals surface area contributed by atoms with Gasteiger partial charge in [-0.25, -0.2) is 9.38 Å². The van der Waals surface area contributed by atoms with Crippen LogP contribution in [0.3, 0.4) is 0 Å². The zero-order valence-corrected chi connectivity index (χ0v) is 17.7. The Morgan fingerprint density at radius 3 is 2.41 bits per heavy atom. The minimum absolute atomic E-state index is 0. The van der Waals surface area contributed by atoms with E-state index in [-0.39, 0.29) is 30.5 Å². The highest BCUT2D eigenvalue weighted by Gasteiger charge is 2.18. The van der Waals surface area contributed by atoms with Gasteiger partial charge in [0.05, 0.1) is 18.2 Å². The van der Waals surface area contributed by atoms with E-state index in [9.17, 15) is 4.39 Å². The van der Waals surface area contributed by atoms with Crippen LogP contribution in [-0.4, -0.2) is 37.0 Å². The summed E-state index contributed by atoms with van der Waals surface area (Å²) in [6.45, 7) is 3.29. The highest BCUT2D eigenvalue weighted by Crippen LogP contribution is 2.19.